The minimum Gasteiger partial charge on any atom is -0.307 e. The molecule has 112 valence electrons. The Balaban J connectivity index is 2.38. The van der Waals surface area contributed by atoms with Gasteiger partial charge in [0.1, 0.15) is 0 Å². The van der Waals surface area contributed by atoms with Gasteiger partial charge in [0.15, 0.2) is 0 Å². The molecule has 1 aliphatic rings. The summed E-state index contributed by atoms with van der Waals surface area (Å²) in [6.07, 6.45) is -0.334. The SMILES string of the molecule is CC(C)CC1(c2cccc(C(F)(F)F)c2)CCCCN1. The maximum absolute atomic E-state index is 12.9. The molecular formula is C16H22F3N. The van der Waals surface area contributed by atoms with E-state index in [0.717, 1.165) is 43.9 Å². The molecule has 1 aliphatic heterocycles. The Labute approximate surface area is 118 Å². The molecule has 0 amide bonds. The lowest BCUT2D eigenvalue weighted by molar-refractivity contribution is -0.137. The van der Waals surface area contributed by atoms with Crippen LogP contribution >= 0.6 is 0 Å². The van der Waals surface area contributed by atoms with E-state index in [1.54, 1.807) is 0 Å². The van der Waals surface area contributed by atoms with Gasteiger partial charge in [-0.15, -0.1) is 0 Å². The minimum atomic E-state index is -4.27. The fourth-order valence-electron chi connectivity index (χ4n) is 3.20. The first kappa shape index (κ1) is 15.4. The van der Waals surface area contributed by atoms with E-state index in [1.165, 1.54) is 12.1 Å². The predicted octanol–water partition coefficient (Wildman–Crippen LogP) is 4.72. The van der Waals surface area contributed by atoms with Gasteiger partial charge in [0.2, 0.25) is 0 Å². The van der Waals surface area contributed by atoms with E-state index in [1.807, 2.05) is 6.07 Å². The van der Waals surface area contributed by atoms with Crippen LogP contribution in [0.4, 0.5) is 13.2 Å². The number of benzene rings is 1. The summed E-state index contributed by atoms with van der Waals surface area (Å²) in [5, 5.41) is 3.49. The van der Waals surface area contributed by atoms with Crippen molar-refractivity contribution in [2.24, 2.45) is 5.92 Å². The lowest BCUT2D eigenvalue weighted by Gasteiger charge is -2.40. The molecule has 1 nitrogen and oxygen atoms in total. The smallest absolute Gasteiger partial charge is 0.307 e. The standard InChI is InChI=1S/C16H22F3N/c1-12(2)11-15(8-3-4-9-20-15)13-6-5-7-14(10-13)16(17,18)19/h5-7,10,12,20H,3-4,8-9,11H2,1-2H3. The van der Waals surface area contributed by atoms with Crippen LogP contribution in [0.25, 0.3) is 0 Å². The maximum atomic E-state index is 12.9. The second-order valence-corrected chi connectivity index (χ2v) is 6.14. The predicted molar refractivity (Wildman–Crippen MR) is 74.4 cm³/mol. The number of nitrogens with one attached hydrogen (secondary N) is 1. The number of rotatable bonds is 3. The number of hydrogen-bond donors (Lipinski definition) is 1. The van der Waals surface area contributed by atoms with Crippen LogP contribution in [0, 0.1) is 5.92 Å². The molecule has 1 heterocycles. The highest BCUT2D eigenvalue weighted by Crippen LogP contribution is 2.38. The topological polar surface area (TPSA) is 12.0 Å². The van der Waals surface area contributed by atoms with Crippen molar-refractivity contribution in [3.63, 3.8) is 0 Å². The van der Waals surface area contributed by atoms with Gasteiger partial charge in [-0.3, -0.25) is 0 Å². The van der Waals surface area contributed by atoms with Crippen LogP contribution < -0.4 is 5.32 Å². The van der Waals surface area contributed by atoms with Crippen molar-refractivity contribution >= 4 is 0 Å². The second-order valence-electron chi connectivity index (χ2n) is 6.14. The zero-order valence-corrected chi connectivity index (χ0v) is 12.1. The maximum Gasteiger partial charge on any atom is 0.416 e. The van der Waals surface area contributed by atoms with E-state index in [2.05, 4.69) is 19.2 Å². The van der Waals surface area contributed by atoms with Gasteiger partial charge in [-0.1, -0.05) is 32.4 Å². The van der Waals surface area contributed by atoms with Crippen LogP contribution in [0.1, 0.15) is 50.7 Å². The lowest BCUT2D eigenvalue weighted by Crippen LogP contribution is -2.46. The number of piperidine rings is 1. The molecule has 4 heteroatoms. The monoisotopic (exact) mass is 285 g/mol. The summed E-state index contributed by atoms with van der Waals surface area (Å²) in [6.45, 7) is 5.11. The van der Waals surface area contributed by atoms with E-state index in [9.17, 15) is 13.2 Å². The Kier molecular flexibility index (Phi) is 4.43. The Morgan fingerprint density at radius 3 is 2.55 bits per heavy atom. The van der Waals surface area contributed by atoms with Crippen molar-refractivity contribution in [3.8, 4) is 0 Å². The third-order valence-corrected chi connectivity index (χ3v) is 3.99. The molecule has 1 N–H and O–H groups in total. The van der Waals surface area contributed by atoms with Gasteiger partial charge >= 0.3 is 6.18 Å². The van der Waals surface area contributed by atoms with Crippen LogP contribution in [0.5, 0.6) is 0 Å². The Morgan fingerprint density at radius 1 is 1.25 bits per heavy atom. The molecule has 0 spiro atoms. The van der Waals surface area contributed by atoms with Gasteiger partial charge in [0, 0.05) is 5.54 Å². The number of hydrogen-bond acceptors (Lipinski definition) is 1. The van der Waals surface area contributed by atoms with Crippen molar-refractivity contribution in [3.05, 3.63) is 35.4 Å². The molecule has 2 rings (SSSR count). The van der Waals surface area contributed by atoms with E-state index >= 15 is 0 Å². The van der Waals surface area contributed by atoms with Gasteiger partial charge in [0.25, 0.3) is 0 Å². The van der Waals surface area contributed by atoms with Crippen molar-refractivity contribution < 1.29 is 13.2 Å². The Bertz CT molecular complexity index is 445. The molecule has 20 heavy (non-hydrogen) atoms. The van der Waals surface area contributed by atoms with E-state index in [-0.39, 0.29) is 5.54 Å². The first-order chi connectivity index (χ1) is 9.33. The normalized spacial score (nSPS) is 24.1. The molecule has 1 aromatic carbocycles. The van der Waals surface area contributed by atoms with Crippen LogP contribution in [0.2, 0.25) is 0 Å². The molecular weight excluding hydrogens is 263 g/mol. The summed E-state index contributed by atoms with van der Waals surface area (Å²) in [6, 6.07) is 5.82. The zero-order valence-electron chi connectivity index (χ0n) is 12.1. The van der Waals surface area contributed by atoms with Crippen molar-refractivity contribution in [1.82, 2.24) is 5.32 Å². The van der Waals surface area contributed by atoms with Gasteiger partial charge in [-0.05, 0) is 49.4 Å². The van der Waals surface area contributed by atoms with Crippen molar-refractivity contribution in [2.45, 2.75) is 51.2 Å². The average molecular weight is 285 g/mol. The summed E-state index contributed by atoms with van der Waals surface area (Å²) < 4.78 is 38.7. The molecule has 1 aromatic rings. The van der Waals surface area contributed by atoms with Crippen molar-refractivity contribution in [1.29, 1.82) is 0 Å². The zero-order chi connectivity index (χ0) is 14.8. The molecule has 0 saturated carbocycles. The molecule has 1 atom stereocenters. The average Bonchev–Trinajstić information content (AvgIpc) is 2.38. The fourth-order valence-corrected chi connectivity index (χ4v) is 3.20. The summed E-state index contributed by atoms with van der Waals surface area (Å²) in [5.41, 5.74) is -0.0699. The van der Waals surface area contributed by atoms with Gasteiger partial charge in [-0.25, -0.2) is 0 Å². The summed E-state index contributed by atoms with van der Waals surface area (Å²) in [7, 11) is 0. The van der Waals surface area contributed by atoms with Crippen LogP contribution in [0.3, 0.4) is 0 Å². The summed E-state index contributed by atoms with van der Waals surface area (Å²) in [5.74, 6) is 0.440. The third kappa shape index (κ3) is 3.35. The largest absolute Gasteiger partial charge is 0.416 e. The van der Waals surface area contributed by atoms with Crippen LogP contribution in [0.15, 0.2) is 24.3 Å². The minimum absolute atomic E-state index is 0.298. The van der Waals surface area contributed by atoms with Crippen LogP contribution in [-0.4, -0.2) is 6.54 Å². The third-order valence-electron chi connectivity index (χ3n) is 3.99. The molecule has 0 aromatic heterocycles. The van der Waals surface area contributed by atoms with Gasteiger partial charge in [-0.2, -0.15) is 13.2 Å². The first-order valence-corrected chi connectivity index (χ1v) is 7.26. The summed E-state index contributed by atoms with van der Waals surface area (Å²) >= 11 is 0. The van der Waals surface area contributed by atoms with Gasteiger partial charge in [0.05, 0.1) is 5.56 Å². The molecule has 1 saturated heterocycles. The van der Waals surface area contributed by atoms with Gasteiger partial charge < -0.3 is 5.32 Å². The Morgan fingerprint density at radius 2 is 2.00 bits per heavy atom. The molecule has 0 bridgehead atoms. The number of alkyl halides is 3. The van der Waals surface area contributed by atoms with Crippen molar-refractivity contribution in [2.75, 3.05) is 6.54 Å². The first-order valence-electron chi connectivity index (χ1n) is 7.26. The molecule has 0 radical (unpaired) electrons. The number of halogens is 3. The molecule has 1 unspecified atom stereocenters. The molecule has 1 fully saturated rings. The molecule has 0 aliphatic carbocycles. The second kappa shape index (κ2) is 5.76. The highest BCUT2D eigenvalue weighted by atomic mass is 19.4. The van der Waals surface area contributed by atoms with E-state index in [4.69, 9.17) is 0 Å². The van der Waals surface area contributed by atoms with E-state index in [0.29, 0.717) is 5.92 Å². The highest BCUT2D eigenvalue weighted by Gasteiger charge is 2.37. The summed E-state index contributed by atoms with van der Waals surface area (Å²) in [4.78, 5) is 0. The van der Waals surface area contributed by atoms with E-state index < -0.39 is 11.7 Å². The quantitative estimate of drug-likeness (QED) is 0.847. The lowest BCUT2D eigenvalue weighted by atomic mass is 9.76. The Hall–Kier alpha value is -1.03. The van der Waals surface area contributed by atoms with Crippen LogP contribution in [-0.2, 0) is 11.7 Å². The highest BCUT2D eigenvalue weighted by molar-refractivity contribution is 5.32. The fraction of sp³-hybridized carbons (Fsp3) is 0.625.